The van der Waals surface area contributed by atoms with E-state index >= 15 is 0 Å². The van der Waals surface area contributed by atoms with E-state index in [2.05, 4.69) is 10.6 Å². The highest BCUT2D eigenvalue weighted by Gasteiger charge is 2.37. The Bertz CT molecular complexity index is 771. The Morgan fingerprint density at radius 1 is 1.36 bits per heavy atom. The van der Waals surface area contributed by atoms with Gasteiger partial charge in [-0.15, -0.1) is 11.3 Å². The van der Waals surface area contributed by atoms with Gasteiger partial charge in [-0.1, -0.05) is 6.07 Å². The predicted octanol–water partition coefficient (Wildman–Crippen LogP) is 3.67. The molecule has 1 saturated heterocycles. The molecule has 0 bridgehead atoms. The molecule has 152 valence electrons. The van der Waals surface area contributed by atoms with Crippen LogP contribution in [-0.2, 0) is 9.53 Å². The van der Waals surface area contributed by atoms with Gasteiger partial charge in [0.25, 0.3) is 0 Å². The largest absolute Gasteiger partial charge is 0.494 e. The summed E-state index contributed by atoms with van der Waals surface area (Å²) < 4.78 is 5.46. The SMILES string of the molecule is C1CSCCN1.CC1=C(C(=O)OC(C)(C)C)C(c2cccs2)C(C#N)=C(O)N1. The van der Waals surface area contributed by atoms with E-state index in [1.807, 2.05) is 35.3 Å². The fourth-order valence-corrected chi connectivity index (χ4v) is 4.41. The van der Waals surface area contributed by atoms with Crippen LogP contribution in [0, 0.1) is 11.3 Å². The number of thiophene rings is 1. The maximum absolute atomic E-state index is 12.6. The molecule has 0 aliphatic carbocycles. The molecule has 2 aliphatic rings. The Morgan fingerprint density at radius 2 is 2.04 bits per heavy atom. The minimum Gasteiger partial charge on any atom is -0.494 e. The summed E-state index contributed by atoms with van der Waals surface area (Å²) >= 11 is 3.46. The monoisotopic (exact) mass is 421 g/mol. The Morgan fingerprint density at radius 3 is 2.46 bits per heavy atom. The van der Waals surface area contributed by atoms with Crippen LogP contribution in [0.25, 0.3) is 0 Å². The smallest absolute Gasteiger partial charge is 0.337 e. The third-order valence-electron chi connectivity index (χ3n) is 3.96. The van der Waals surface area contributed by atoms with E-state index in [-0.39, 0.29) is 11.5 Å². The lowest BCUT2D eigenvalue weighted by Crippen LogP contribution is -2.32. The highest BCUT2D eigenvalue weighted by molar-refractivity contribution is 7.99. The molecular formula is C20H27N3O3S2. The van der Waals surface area contributed by atoms with Crippen molar-refractivity contribution in [3.8, 4) is 6.07 Å². The van der Waals surface area contributed by atoms with Crippen LogP contribution < -0.4 is 10.6 Å². The van der Waals surface area contributed by atoms with E-state index < -0.39 is 17.5 Å². The summed E-state index contributed by atoms with van der Waals surface area (Å²) in [5.74, 6) is 1.29. The van der Waals surface area contributed by atoms with Crippen molar-refractivity contribution in [2.45, 2.75) is 39.2 Å². The average molecular weight is 422 g/mol. The molecule has 28 heavy (non-hydrogen) atoms. The molecule has 1 fully saturated rings. The van der Waals surface area contributed by atoms with Crippen LogP contribution in [0.15, 0.2) is 40.2 Å². The molecule has 3 rings (SSSR count). The third kappa shape index (κ3) is 6.03. The second-order valence-electron chi connectivity index (χ2n) is 7.35. The molecule has 6 nitrogen and oxygen atoms in total. The molecule has 3 heterocycles. The van der Waals surface area contributed by atoms with Gasteiger partial charge in [0, 0.05) is 35.2 Å². The van der Waals surface area contributed by atoms with E-state index in [1.165, 1.54) is 35.9 Å². The lowest BCUT2D eigenvalue weighted by molar-refractivity contribution is -0.150. The number of allylic oxidation sites excluding steroid dienone is 2. The van der Waals surface area contributed by atoms with Gasteiger partial charge >= 0.3 is 5.97 Å². The molecule has 1 atom stereocenters. The number of ether oxygens (including phenoxy) is 1. The summed E-state index contributed by atoms with van der Waals surface area (Å²) in [6.45, 7) is 9.47. The summed E-state index contributed by atoms with van der Waals surface area (Å²) in [4.78, 5) is 13.4. The van der Waals surface area contributed by atoms with Gasteiger partial charge in [0.15, 0.2) is 0 Å². The molecule has 0 spiro atoms. The van der Waals surface area contributed by atoms with E-state index in [0.717, 1.165) is 4.88 Å². The van der Waals surface area contributed by atoms with Crippen LogP contribution in [0.2, 0.25) is 0 Å². The van der Waals surface area contributed by atoms with Gasteiger partial charge in [0.05, 0.1) is 11.5 Å². The normalized spacial score (nSPS) is 19.9. The molecule has 0 saturated carbocycles. The second-order valence-corrected chi connectivity index (χ2v) is 9.55. The first kappa shape index (κ1) is 22.3. The number of dihydropyridines is 1. The van der Waals surface area contributed by atoms with E-state index in [0.29, 0.717) is 11.3 Å². The number of aliphatic hydroxyl groups is 1. The fourth-order valence-electron chi connectivity index (χ4n) is 2.79. The van der Waals surface area contributed by atoms with Crippen molar-refractivity contribution in [1.29, 1.82) is 5.26 Å². The fraction of sp³-hybridized carbons (Fsp3) is 0.500. The molecule has 0 aromatic carbocycles. The quantitative estimate of drug-likeness (QED) is 0.627. The van der Waals surface area contributed by atoms with Crippen LogP contribution in [-0.4, -0.2) is 41.3 Å². The Labute approximate surface area is 174 Å². The number of hydrogen-bond acceptors (Lipinski definition) is 8. The molecule has 1 aromatic rings. The van der Waals surface area contributed by atoms with Crippen molar-refractivity contribution in [3.63, 3.8) is 0 Å². The van der Waals surface area contributed by atoms with E-state index in [9.17, 15) is 15.2 Å². The van der Waals surface area contributed by atoms with Crippen molar-refractivity contribution >= 4 is 29.1 Å². The second kappa shape index (κ2) is 10.0. The molecule has 3 N–H and O–H groups in total. The van der Waals surface area contributed by atoms with Gasteiger partial charge < -0.3 is 20.5 Å². The third-order valence-corrected chi connectivity index (χ3v) is 5.88. The lowest BCUT2D eigenvalue weighted by Gasteiger charge is -2.28. The number of esters is 1. The minimum absolute atomic E-state index is 0.119. The van der Waals surface area contributed by atoms with E-state index in [1.54, 1.807) is 27.7 Å². The van der Waals surface area contributed by atoms with Gasteiger partial charge in [-0.3, -0.25) is 0 Å². The molecule has 1 unspecified atom stereocenters. The molecule has 2 aliphatic heterocycles. The number of hydrogen-bond donors (Lipinski definition) is 3. The molecule has 8 heteroatoms. The average Bonchev–Trinajstić information content (AvgIpc) is 3.16. The highest BCUT2D eigenvalue weighted by Crippen LogP contribution is 2.40. The molecule has 0 radical (unpaired) electrons. The Kier molecular flexibility index (Phi) is 7.98. The van der Waals surface area contributed by atoms with Crippen LogP contribution in [0.1, 0.15) is 38.5 Å². The summed E-state index contributed by atoms with van der Waals surface area (Å²) in [6, 6.07) is 5.67. The van der Waals surface area contributed by atoms with Gasteiger partial charge in [0.1, 0.15) is 17.2 Å². The van der Waals surface area contributed by atoms with Crippen molar-refractivity contribution in [3.05, 3.63) is 45.1 Å². The maximum atomic E-state index is 12.6. The first-order chi connectivity index (χ1) is 13.2. The van der Waals surface area contributed by atoms with Crippen LogP contribution in [0.3, 0.4) is 0 Å². The van der Waals surface area contributed by atoms with Crippen molar-refractivity contribution in [2.24, 2.45) is 0 Å². The molecule has 0 amide bonds. The first-order valence-corrected chi connectivity index (χ1v) is 11.1. The number of nitriles is 1. The summed E-state index contributed by atoms with van der Waals surface area (Å²) in [7, 11) is 0. The van der Waals surface area contributed by atoms with Crippen LogP contribution in [0.4, 0.5) is 0 Å². The van der Waals surface area contributed by atoms with E-state index in [4.69, 9.17) is 4.74 Å². The number of carbonyl (C=O) groups is 1. The van der Waals surface area contributed by atoms with Crippen molar-refractivity contribution < 1.29 is 14.6 Å². The Hall–Kier alpha value is -1.95. The maximum Gasteiger partial charge on any atom is 0.337 e. The van der Waals surface area contributed by atoms with Crippen molar-refractivity contribution in [2.75, 3.05) is 24.6 Å². The van der Waals surface area contributed by atoms with Gasteiger partial charge in [-0.2, -0.15) is 17.0 Å². The predicted molar refractivity (Wildman–Crippen MR) is 114 cm³/mol. The van der Waals surface area contributed by atoms with Crippen LogP contribution >= 0.6 is 23.1 Å². The number of aliphatic hydroxyl groups excluding tert-OH is 1. The number of rotatable bonds is 2. The number of carbonyl (C=O) groups excluding carboxylic acids is 1. The summed E-state index contributed by atoms with van der Waals surface area (Å²) in [6.07, 6.45) is 0. The zero-order chi connectivity index (χ0) is 20.7. The summed E-state index contributed by atoms with van der Waals surface area (Å²) in [5, 5.41) is 27.2. The summed E-state index contributed by atoms with van der Waals surface area (Å²) in [5.41, 5.74) is 0.324. The number of nitrogens with one attached hydrogen (secondary N) is 2. The topological polar surface area (TPSA) is 94.4 Å². The van der Waals surface area contributed by atoms with Gasteiger partial charge in [0.2, 0.25) is 5.88 Å². The molecule has 1 aromatic heterocycles. The number of nitrogens with zero attached hydrogens (tertiary/aromatic N) is 1. The van der Waals surface area contributed by atoms with Crippen molar-refractivity contribution in [1.82, 2.24) is 10.6 Å². The number of thioether (sulfide) groups is 1. The zero-order valence-corrected chi connectivity index (χ0v) is 18.3. The Balaban J connectivity index is 0.000000397. The zero-order valence-electron chi connectivity index (χ0n) is 16.7. The molecular weight excluding hydrogens is 394 g/mol. The van der Waals surface area contributed by atoms with Crippen LogP contribution in [0.5, 0.6) is 0 Å². The highest BCUT2D eigenvalue weighted by atomic mass is 32.2. The standard InChI is InChI=1S/C16H18N2O3S.C4H9NS/c1-9-12(15(20)21-16(2,3)4)13(11-6-5-7-22-11)10(8-17)14(19)18-9;1-3-6-4-2-5-1/h5-7,13,18-19H,1-4H3;5H,1-4H2. The minimum atomic E-state index is -0.639. The first-order valence-electron chi connectivity index (χ1n) is 9.11. The van der Waals surface area contributed by atoms with Gasteiger partial charge in [-0.25, -0.2) is 4.79 Å². The van der Waals surface area contributed by atoms with Gasteiger partial charge in [-0.05, 0) is 39.1 Å². The lowest BCUT2D eigenvalue weighted by atomic mass is 9.86.